The summed E-state index contributed by atoms with van der Waals surface area (Å²) in [5.74, 6) is -1.66. The Bertz CT molecular complexity index is 536. The smallest absolute Gasteiger partial charge is 0.227 e. The van der Waals surface area contributed by atoms with Crippen LogP contribution in [0.25, 0.3) is 0 Å². The minimum absolute atomic E-state index is 0.101. The summed E-state index contributed by atoms with van der Waals surface area (Å²) in [4.78, 5) is 18.1. The van der Waals surface area contributed by atoms with Gasteiger partial charge in [0, 0.05) is 46.8 Å². The van der Waals surface area contributed by atoms with Gasteiger partial charge in [0.1, 0.15) is 0 Å². The van der Waals surface area contributed by atoms with E-state index in [1.165, 1.54) is 6.07 Å². The summed E-state index contributed by atoms with van der Waals surface area (Å²) < 4.78 is 26.3. The molecule has 1 fully saturated rings. The number of likely N-dealkylation sites (N-methyl/N-ethyl adjacent to an activating group) is 1. The van der Waals surface area contributed by atoms with E-state index in [9.17, 15) is 13.6 Å². The van der Waals surface area contributed by atoms with Crippen LogP contribution in [0.3, 0.4) is 0 Å². The lowest BCUT2D eigenvalue weighted by Gasteiger charge is -2.25. The summed E-state index contributed by atoms with van der Waals surface area (Å²) in [7, 11) is 5.51. The van der Waals surface area contributed by atoms with Crippen molar-refractivity contribution in [2.75, 3.05) is 47.3 Å². The summed E-state index contributed by atoms with van der Waals surface area (Å²) in [6, 6.07) is 3.97. The first-order valence-corrected chi connectivity index (χ1v) is 7.43. The molecule has 1 atom stereocenters. The molecule has 0 spiro atoms. The molecule has 22 heavy (non-hydrogen) atoms. The third kappa shape index (κ3) is 4.24. The Hall–Kier alpha value is -1.53. The van der Waals surface area contributed by atoms with Gasteiger partial charge >= 0.3 is 0 Å². The monoisotopic (exact) mass is 311 g/mol. The number of amides is 1. The molecular formula is C16H23F2N3O. The molecule has 1 amide bonds. The molecule has 1 aliphatic heterocycles. The number of hydrogen-bond acceptors (Lipinski definition) is 3. The summed E-state index contributed by atoms with van der Waals surface area (Å²) in [6.07, 6.45) is 0. The maximum atomic E-state index is 13.3. The molecule has 1 aromatic carbocycles. The Morgan fingerprint density at radius 2 is 1.95 bits per heavy atom. The molecule has 0 aliphatic carbocycles. The van der Waals surface area contributed by atoms with Crippen LogP contribution >= 0.6 is 0 Å². The van der Waals surface area contributed by atoms with Gasteiger partial charge in [0.05, 0.1) is 5.92 Å². The first-order valence-electron chi connectivity index (χ1n) is 7.43. The number of hydrogen-bond donors (Lipinski definition) is 0. The molecule has 122 valence electrons. The molecule has 1 aliphatic rings. The van der Waals surface area contributed by atoms with E-state index >= 15 is 0 Å². The van der Waals surface area contributed by atoms with Crippen LogP contribution in [-0.2, 0) is 11.3 Å². The van der Waals surface area contributed by atoms with Crippen LogP contribution in [0, 0.1) is 17.6 Å². The van der Waals surface area contributed by atoms with Crippen molar-refractivity contribution in [1.82, 2.24) is 14.7 Å². The zero-order valence-electron chi connectivity index (χ0n) is 13.4. The zero-order valence-corrected chi connectivity index (χ0v) is 13.4. The lowest BCUT2D eigenvalue weighted by Crippen LogP contribution is -2.40. The molecule has 0 aromatic heterocycles. The average Bonchev–Trinajstić information content (AvgIpc) is 2.64. The molecule has 0 N–H and O–H groups in total. The highest BCUT2D eigenvalue weighted by Gasteiger charge is 2.27. The molecule has 1 saturated heterocycles. The number of nitrogens with zero attached hydrogens (tertiary/aromatic N) is 3. The Morgan fingerprint density at radius 3 is 2.59 bits per heavy atom. The molecule has 2 rings (SSSR count). The van der Waals surface area contributed by atoms with Crippen LogP contribution < -0.4 is 0 Å². The van der Waals surface area contributed by atoms with Crippen molar-refractivity contribution in [2.24, 2.45) is 5.92 Å². The highest BCUT2D eigenvalue weighted by atomic mass is 19.2. The maximum absolute atomic E-state index is 13.3. The zero-order chi connectivity index (χ0) is 16.3. The minimum Gasteiger partial charge on any atom is -0.348 e. The van der Waals surface area contributed by atoms with Crippen molar-refractivity contribution < 1.29 is 13.6 Å². The molecule has 1 aromatic rings. The number of carbonyl (C=O) groups excluding carboxylic acids is 1. The third-order valence-corrected chi connectivity index (χ3v) is 3.99. The molecule has 0 radical (unpaired) electrons. The van der Waals surface area contributed by atoms with Crippen LogP contribution in [0.15, 0.2) is 18.2 Å². The van der Waals surface area contributed by atoms with Gasteiger partial charge in [0.15, 0.2) is 11.6 Å². The van der Waals surface area contributed by atoms with Gasteiger partial charge in [-0.3, -0.25) is 9.69 Å². The second kappa shape index (κ2) is 7.15. The Kier molecular flexibility index (Phi) is 5.47. The van der Waals surface area contributed by atoms with Crippen molar-refractivity contribution >= 4 is 5.91 Å². The molecule has 0 bridgehead atoms. The highest BCUT2D eigenvalue weighted by molar-refractivity contribution is 5.78. The summed E-state index contributed by atoms with van der Waals surface area (Å²) in [5.41, 5.74) is 0.722. The number of rotatable bonds is 3. The molecule has 1 unspecified atom stereocenters. The van der Waals surface area contributed by atoms with Gasteiger partial charge in [0.2, 0.25) is 5.91 Å². The average molecular weight is 311 g/mol. The first kappa shape index (κ1) is 16.8. The molecule has 4 nitrogen and oxygen atoms in total. The van der Waals surface area contributed by atoms with E-state index in [4.69, 9.17) is 0 Å². The fourth-order valence-corrected chi connectivity index (χ4v) is 2.80. The molecule has 6 heteroatoms. The number of benzene rings is 1. The van der Waals surface area contributed by atoms with Gasteiger partial charge in [-0.15, -0.1) is 0 Å². The van der Waals surface area contributed by atoms with Gasteiger partial charge in [0.25, 0.3) is 0 Å². The topological polar surface area (TPSA) is 26.8 Å². The van der Waals surface area contributed by atoms with Gasteiger partial charge in [-0.2, -0.15) is 0 Å². The number of carbonyl (C=O) groups is 1. The lowest BCUT2D eigenvalue weighted by atomic mass is 10.1. The van der Waals surface area contributed by atoms with Crippen LogP contribution in [0.1, 0.15) is 5.56 Å². The van der Waals surface area contributed by atoms with Crippen molar-refractivity contribution in [3.05, 3.63) is 35.4 Å². The SMILES string of the molecule is CN1CCN(Cc2ccc(F)c(F)c2)CC(C(=O)N(C)C)C1. The van der Waals surface area contributed by atoms with Crippen LogP contribution in [0.5, 0.6) is 0 Å². The van der Waals surface area contributed by atoms with Crippen molar-refractivity contribution in [2.45, 2.75) is 6.54 Å². The minimum atomic E-state index is -0.833. The molecule has 0 saturated carbocycles. The van der Waals surface area contributed by atoms with E-state index in [0.717, 1.165) is 24.7 Å². The predicted molar refractivity (Wildman–Crippen MR) is 81.3 cm³/mol. The fraction of sp³-hybridized carbons (Fsp3) is 0.562. The third-order valence-electron chi connectivity index (χ3n) is 3.99. The summed E-state index contributed by atoms with van der Waals surface area (Å²) in [6.45, 7) is 3.50. The largest absolute Gasteiger partial charge is 0.348 e. The lowest BCUT2D eigenvalue weighted by molar-refractivity contribution is -0.133. The van der Waals surface area contributed by atoms with E-state index in [1.807, 2.05) is 7.05 Å². The summed E-state index contributed by atoms with van der Waals surface area (Å²) >= 11 is 0. The van der Waals surface area contributed by atoms with Crippen molar-refractivity contribution in [1.29, 1.82) is 0 Å². The quantitative estimate of drug-likeness (QED) is 0.845. The van der Waals surface area contributed by atoms with E-state index < -0.39 is 11.6 Å². The van der Waals surface area contributed by atoms with E-state index in [-0.39, 0.29) is 11.8 Å². The Labute approximate surface area is 130 Å². The van der Waals surface area contributed by atoms with E-state index in [2.05, 4.69) is 9.80 Å². The van der Waals surface area contributed by atoms with Crippen LogP contribution in [0.2, 0.25) is 0 Å². The summed E-state index contributed by atoms with van der Waals surface area (Å²) in [5, 5.41) is 0. The maximum Gasteiger partial charge on any atom is 0.227 e. The van der Waals surface area contributed by atoms with Crippen LogP contribution in [0.4, 0.5) is 8.78 Å². The standard InChI is InChI=1S/C16H23F2N3O/c1-19(2)16(22)13-10-20(3)6-7-21(11-13)9-12-4-5-14(17)15(18)8-12/h4-5,8,13H,6-7,9-11H2,1-3H3. The predicted octanol–water partition coefficient (Wildman–Crippen LogP) is 1.42. The Balaban J connectivity index is 2.08. The first-order chi connectivity index (χ1) is 10.4. The van der Waals surface area contributed by atoms with Gasteiger partial charge < -0.3 is 9.80 Å². The highest BCUT2D eigenvalue weighted by Crippen LogP contribution is 2.15. The van der Waals surface area contributed by atoms with Gasteiger partial charge in [-0.1, -0.05) is 6.07 Å². The van der Waals surface area contributed by atoms with Crippen LogP contribution in [-0.4, -0.2) is 67.9 Å². The molecular weight excluding hydrogens is 288 g/mol. The second-order valence-corrected chi connectivity index (χ2v) is 6.18. The number of halogens is 2. The molecule has 1 heterocycles. The second-order valence-electron chi connectivity index (χ2n) is 6.18. The van der Waals surface area contributed by atoms with E-state index in [0.29, 0.717) is 19.6 Å². The van der Waals surface area contributed by atoms with Gasteiger partial charge in [-0.25, -0.2) is 8.78 Å². The van der Waals surface area contributed by atoms with E-state index in [1.54, 1.807) is 25.1 Å². The van der Waals surface area contributed by atoms with Crippen molar-refractivity contribution in [3.63, 3.8) is 0 Å². The normalized spacial score (nSPS) is 20.7. The van der Waals surface area contributed by atoms with Crippen molar-refractivity contribution in [3.8, 4) is 0 Å². The fourth-order valence-electron chi connectivity index (χ4n) is 2.80. The Morgan fingerprint density at radius 1 is 1.23 bits per heavy atom. The van der Waals surface area contributed by atoms with Gasteiger partial charge in [-0.05, 0) is 24.7 Å².